The maximum absolute atomic E-state index is 13.3. The quantitative estimate of drug-likeness (QED) is 0.376. The fourth-order valence-electron chi connectivity index (χ4n) is 3.56. The number of aliphatic hydroxyl groups excluding tert-OH is 2. The summed E-state index contributed by atoms with van der Waals surface area (Å²) in [5, 5.41) is 38.4. The van der Waals surface area contributed by atoms with E-state index in [2.05, 4.69) is 21.8 Å². The van der Waals surface area contributed by atoms with Gasteiger partial charge < -0.3 is 20.8 Å². The van der Waals surface area contributed by atoms with Crippen molar-refractivity contribution in [3.63, 3.8) is 0 Å². The van der Waals surface area contributed by atoms with Crippen molar-refractivity contribution in [2.75, 3.05) is 13.2 Å². The van der Waals surface area contributed by atoms with Gasteiger partial charge in [-0.1, -0.05) is 44.5 Å². The summed E-state index contributed by atoms with van der Waals surface area (Å²) >= 11 is 6.20. The molecule has 10 heteroatoms. The third-order valence-electron chi connectivity index (χ3n) is 5.47. The number of aliphatic hydroxyl groups is 2. The van der Waals surface area contributed by atoms with Crippen molar-refractivity contribution in [2.45, 2.75) is 39.5 Å². The molecule has 9 nitrogen and oxygen atoms in total. The molecule has 1 aromatic heterocycles. The Labute approximate surface area is 208 Å². The molecule has 1 heterocycles. The molecule has 184 valence electrons. The summed E-state index contributed by atoms with van der Waals surface area (Å²) in [6, 6.07) is 13.4. The number of nitrogens with zero attached hydrogens (tertiary/aromatic N) is 3. The number of carbonyl (C=O) groups is 2. The maximum atomic E-state index is 13.3. The largest absolute Gasteiger partial charge is 0.394 e. The summed E-state index contributed by atoms with van der Waals surface area (Å²) in [6.45, 7) is 5.14. The summed E-state index contributed by atoms with van der Waals surface area (Å²) in [5.41, 5.74) is 1.59. The van der Waals surface area contributed by atoms with Crippen LogP contribution in [0.1, 0.15) is 42.4 Å². The number of nitrogens with one attached hydrogen (secondary N) is 2. The minimum atomic E-state index is -1.10. The second-order valence-corrected chi connectivity index (χ2v) is 9.77. The molecule has 0 radical (unpaired) electrons. The van der Waals surface area contributed by atoms with E-state index < -0.39 is 36.0 Å². The average Bonchev–Trinajstić information content (AvgIpc) is 3.17. The zero-order chi connectivity index (χ0) is 25.8. The van der Waals surface area contributed by atoms with Crippen LogP contribution in [0.15, 0.2) is 42.5 Å². The normalized spacial score (nSPS) is 13.2. The zero-order valence-corrected chi connectivity index (χ0v) is 20.5. The number of hydrogen-bond donors (Lipinski definition) is 4. The zero-order valence-electron chi connectivity index (χ0n) is 19.7. The number of benzene rings is 2. The van der Waals surface area contributed by atoms with Crippen molar-refractivity contribution in [1.82, 2.24) is 20.4 Å². The van der Waals surface area contributed by atoms with E-state index in [4.69, 9.17) is 22.0 Å². The van der Waals surface area contributed by atoms with Gasteiger partial charge in [0.1, 0.15) is 6.04 Å². The molecule has 0 unspecified atom stereocenters. The average molecular weight is 498 g/mol. The van der Waals surface area contributed by atoms with Gasteiger partial charge in [-0.25, -0.2) is 0 Å². The van der Waals surface area contributed by atoms with E-state index in [0.717, 1.165) is 5.56 Å². The van der Waals surface area contributed by atoms with E-state index in [1.807, 2.05) is 12.1 Å². The molecule has 0 spiro atoms. The Bertz CT molecular complexity index is 1260. The van der Waals surface area contributed by atoms with E-state index in [0.29, 0.717) is 28.0 Å². The Kier molecular flexibility index (Phi) is 8.12. The van der Waals surface area contributed by atoms with Gasteiger partial charge in [-0.05, 0) is 41.3 Å². The molecule has 2 aromatic carbocycles. The highest BCUT2D eigenvalue weighted by Crippen LogP contribution is 2.25. The second-order valence-electron chi connectivity index (χ2n) is 9.33. The van der Waals surface area contributed by atoms with Gasteiger partial charge in [0.2, 0.25) is 5.91 Å². The van der Waals surface area contributed by atoms with Gasteiger partial charge in [0.05, 0.1) is 36.4 Å². The maximum Gasteiger partial charge on any atom is 0.273 e. The predicted molar refractivity (Wildman–Crippen MR) is 132 cm³/mol. The highest BCUT2D eigenvalue weighted by molar-refractivity contribution is 6.31. The van der Waals surface area contributed by atoms with Crippen LogP contribution in [0.2, 0.25) is 5.02 Å². The van der Waals surface area contributed by atoms with Gasteiger partial charge in [0.15, 0.2) is 5.69 Å². The highest BCUT2D eigenvalue weighted by atomic mass is 35.5. The van der Waals surface area contributed by atoms with Gasteiger partial charge in [-0.15, -0.1) is 0 Å². The molecule has 0 fully saturated rings. The number of amides is 2. The van der Waals surface area contributed by atoms with E-state index in [1.165, 1.54) is 0 Å². The molecule has 35 heavy (non-hydrogen) atoms. The van der Waals surface area contributed by atoms with Gasteiger partial charge in [0, 0.05) is 17.0 Å². The summed E-state index contributed by atoms with van der Waals surface area (Å²) < 4.78 is 1.67. The summed E-state index contributed by atoms with van der Waals surface area (Å²) in [6.07, 6.45) is -1.10. The topological polar surface area (TPSA) is 140 Å². The lowest BCUT2D eigenvalue weighted by Gasteiger charge is -2.30. The molecule has 2 atom stereocenters. The van der Waals surface area contributed by atoms with Crippen LogP contribution >= 0.6 is 11.6 Å². The van der Waals surface area contributed by atoms with E-state index >= 15 is 0 Å². The van der Waals surface area contributed by atoms with Crippen molar-refractivity contribution in [3.05, 3.63) is 64.3 Å². The minimum absolute atomic E-state index is 0.119. The van der Waals surface area contributed by atoms with Crippen LogP contribution in [0, 0.1) is 16.7 Å². The van der Waals surface area contributed by atoms with E-state index in [1.54, 1.807) is 55.8 Å². The van der Waals surface area contributed by atoms with Crippen LogP contribution in [0.4, 0.5) is 0 Å². The molecule has 0 saturated heterocycles. The molecule has 0 aliphatic carbocycles. The molecular weight excluding hydrogens is 470 g/mol. The van der Waals surface area contributed by atoms with Crippen LogP contribution in [-0.4, -0.2) is 57.1 Å². The van der Waals surface area contributed by atoms with Gasteiger partial charge in [0.25, 0.3) is 5.91 Å². The van der Waals surface area contributed by atoms with Crippen molar-refractivity contribution in [2.24, 2.45) is 5.41 Å². The first-order valence-electron chi connectivity index (χ1n) is 11.1. The molecule has 0 aliphatic rings. The standard InChI is InChI=1S/C25H28ClN5O4/c1-25(2,3)22(24(35)28-12-18(33)14-32)29-23(34)21-19-10-17(26)8-9-20(19)31(30-21)13-16-6-4-15(11-27)5-7-16/h4-10,18,22,32-33H,12-14H2,1-3H3,(H,28,35)(H,29,34)/t18-,22-/m1/s1. The summed E-state index contributed by atoms with van der Waals surface area (Å²) in [4.78, 5) is 26.1. The van der Waals surface area contributed by atoms with Gasteiger partial charge in [-0.2, -0.15) is 10.4 Å². The monoisotopic (exact) mass is 497 g/mol. The highest BCUT2D eigenvalue weighted by Gasteiger charge is 2.34. The summed E-state index contributed by atoms with van der Waals surface area (Å²) in [5.74, 6) is -1.04. The number of carbonyl (C=O) groups excluding carboxylic acids is 2. The van der Waals surface area contributed by atoms with Crippen molar-refractivity contribution < 1.29 is 19.8 Å². The molecule has 4 N–H and O–H groups in total. The fourth-order valence-corrected chi connectivity index (χ4v) is 3.73. The van der Waals surface area contributed by atoms with Crippen LogP contribution in [0.5, 0.6) is 0 Å². The number of hydrogen-bond acceptors (Lipinski definition) is 6. The van der Waals surface area contributed by atoms with Crippen molar-refractivity contribution in [1.29, 1.82) is 5.26 Å². The third kappa shape index (κ3) is 6.36. The van der Waals surface area contributed by atoms with Crippen LogP contribution < -0.4 is 10.6 Å². The van der Waals surface area contributed by atoms with E-state index in [-0.39, 0.29) is 12.2 Å². The number of halogens is 1. The molecular formula is C25H28ClN5O4. The molecule has 0 saturated carbocycles. The lowest BCUT2D eigenvalue weighted by molar-refractivity contribution is -0.125. The number of nitriles is 1. The Morgan fingerprint density at radius 3 is 2.49 bits per heavy atom. The Balaban J connectivity index is 1.92. The minimum Gasteiger partial charge on any atom is -0.394 e. The smallest absolute Gasteiger partial charge is 0.273 e. The Morgan fingerprint density at radius 1 is 1.20 bits per heavy atom. The predicted octanol–water partition coefficient (Wildman–Crippen LogP) is 2.22. The number of aromatic nitrogens is 2. The number of fused-ring (bicyclic) bond motifs is 1. The Morgan fingerprint density at radius 2 is 1.89 bits per heavy atom. The van der Waals surface area contributed by atoms with Crippen LogP contribution in [0.25, 0.3) is 10.9 Å². The first kappa shape index (κ1) is 26.2. The molecule has 0 aliphatic heterocycles. The van der Waals surface area contributed by atoms with Crippen molar-refractivity contribution in [3.8, 4) is 6.07 Å². The molecule has 2 amide bonds. The lowest BCUT2D eigenvalue weighted by atomic mass is 9.86. The Hall–Kier alpha value is -3.45. The number of rotatable bonds is 8. The van der Waals surface area contributed by atoms with Gasteiger partial charge in [-0.3, -0.25) is 14.3 Å². The summed E-state index contributed by atoms with van der Waals surface area (Å²) in [7, 11) is 0. The second kappa shape index (κ2) is 10.9. The third-order valence-corrected chi connectivity index (χ3v) is 5.70. The molecule has 0 bridgehead atoms. The van der Waals surface area contributed by atoms with Crippen LogP contribution in [-0.2, 0) is 11.3 Å². The van der Waals surface area contributed by atoms with Crippen molar-refractivity contribution >= 4 is 34.3 Å². The first-order valence-corrected chi connectivity index (χ1v) is 11.4. The molecule has 3 rings (SSSR count). The fraction of sp³-hybridized carbons (Fsp3) is 0.360. The first-order chi connectivity index (χ1) is 16.5. The molecule has 3 aromatic rings. The SMILES string of the molecule is CC(C)(C)[C@H](NC(=O)c1nn(Cc2ccc(C#N)cc2)c2ccc(Cl)cc12)C(=O)NC[C@@H](O)CO. The van der Waals surface area contributed by atoms with E-state index in [9.17, 15) is 14.7 Å². The van der Waals surface area contributed by atoms with Crippen LogP contribution in [0.3, 0.4) is 0 Å². The van der Waals surface area contributed by atoms with Gasteiger partial charge >= 0.3 is 0 Å². The lowest BCUT2D eigenvalue weighted by Crippen LogP contribution is -2.54.